The Kier molecular flexibility index (Phi) is 8.46. The number of benzene rings is 3. The van der Waals surface area contributed by atoms with Crippen molar-refractivity contribution in [2.24, 2.45) is 0 Å². The number of unbranched alkanes of at least 4 members (excludes halogenated alkanes) is 1. The van der Waals surface area contributed by atoms with Crippen molar-refractivity contribution in [1.82, 2.24) is 0 Å². The fraction of sp³-hybridized carbons (Fsp3) is 0.200. The van der Waals surface area contributed by atoms with Crippen molar-refractivity contribution in [2.75, 3.05) is 16.8 Å². The molecule has 0 atom stereocenters. The Balaban J connectivity index is 1.42. The van der Waals surface area contributed by atoms with Crippen LogP contribution in [0.5, 0.6) is 5.75 Å². The first-order valence-corrected chi connectivity index (χ1v) is 12.8. The van der Waals surface area contributed by atoms with Crippen molar-refractivity contribution in [2.45, 2.75) is 33.6 Å². The normalized spacial score (nSPS) is 13.1. The first-order valence-electron chi connectivity index (χ1n) is 12.4. The lowest BCUT2D eigenvalue weighted by Crippen LogP contribution is -2.32. The summed E-state index contributed by atoms with van der Waals surface area (Å²) in [5.74, 6) is -1.88. The number of ether oxygens (including phenoxy) is 2. The number of amides is 2. The summed E-state index contributed by atoms with van der Waals surface area (Å²) in [6.45, 7) is 6.13. The first kappa shape index (κ1) is 27.6. The van der Waals surface area contributed by atoms with Gasteiger partial charge in [-0.05, 0) is 80.4 Å². The van der Waals surface area contributed by atoms with Crippen LogP contribution >= 0.6 is 11.6 Å². The average Bonchev–Trinajstić information content (AvgIpc) is 3.13. The monoisotopic (exact) mass is 546 g/mol. The van der Waals surface area contributed by atoms with Gasteiger partial charge in [0.2, 0.25) is 0 Å². The van der Waals surface area contributed by atoms with Crippen LogP contribution in [0.2, 0.25) is 0 Å². The van der Waals surface area contributed by atoms with Crippen LogP contribution in [0.25, 0.3) is 0 Å². The summed E-state index contributed by atoms with van der Waals surface area (Å²) in [5, 5.41) is 2.59. The molecule has 0 spiro atoms. The summed E-state index contributed by atoms with van der Waals surface area (Å²) in [5.41, 5.74) is 3.13. The molecule has 0 unspecified atom stereocenters. The van der Waals surface area contributed by atoms with E-state index in [0.29, 0.717) is 29.2 Å². The second-order valence-corrected chi connectivity index (χ2v) is 9.41. The van der Waals surface area contributed by atoms with Crippen LogP contribution in [0.3, 0.4) is 0 Å². The minimum atomic E-state index is -0.698. The molecule has 8 nitrogen and oxygen atoms in total. The zero-order valence-corrected chi connectivity index (χ0v) is 22.5. The van der Waals surface area contributed by atoms with Gasteiger partial charge in [-0.15, -0.1) is 0 Å². The van der Waals surface area contributed by atoms with Crippen molar-refractivity contribution < 1.29 is 28.7 Å². The maximum Gasteiger partial charge on any atom is 0.343 e. The van der Waals surface area contributed by atoms with Crippen LogP contribution in [0.4, 0.5) is 11.4 Å². The second-order valence-electron chi connectivity index (χ2n) is 9.03. The number of imide groups is 1. The SMILES string of the molecule is CCCCOC(=O)c1ccc(N2C(=O)C(Cl)=C(Nc3ccc(C(=O)Oc4ccc(C)cc4C)cc3)C2=O)cc1. The topological polar surface area (TPSA) is 102 Å². The third-order valence-electron chi connectivity index (χ3n) is 6.04. The van der Waals surface area contributed by atoms with Gasteiger partial charge in [-0.3, -0.25) is 9.59 Å². The molecule has 0 saturated heterocycles. The number of halogens is 1. The van der Waals surface area contributed by atoms with Crippen LogP contribution < -0.4 is 15.0 Å². The van der Waals surface area contributed by atoms with Crippen molar-refractivity contribution in [3.05, 3.63) is 99.7 Å². The minimum Gasteiger partial charge on any atom is -0.462 e. The molecule has 4 rings (SSSR count). The van der Waals surface area contributed by atoms with Crippen LogP contribution in [0, 0.1) is 13.8 Å². The molecule has 0 saturated carbocycles. The van der Waals surface area contributed by atoms with E-state index >= 15 is 0 Å². The van der Waals surface area contributed by atoms with Gasteiger partial charge in [0, 0.05) is 5.69 Å². The van der Waals surface area contributed by atoms with Gasteiger partial charge in [-0.25, -0.2) is 14.5 Å². The van der Waals surface area contributed by atoms with Crippen molar-refractivity contribution in [3.63, 3.8) is 0 Å². The van der Waals surface area contributed by atoms with Gasteiger partial charge in [-0.2, -0.15) is 0 Å². The molecule has 2 amide bonds. The maximum atomic E-state index is 13.1. The molecule has 200 valence electrons. The van der Waals surface area contributed by atoms with Crippen molar-refractivity contribution >= 4 is 46.7 Å². The standard InChI is InChI=1S/C30H27ClN2O6/c1-4-5-16-38-29(36)20-9-13-23(14-10-20)33-27(34)25(31)26(28(33)35)32-22-11-7-21(8-12-22)30(37)39-24-15-6-18(2)17-19(24)3/h6-15,17,32H,4-5,16H2,1-3H3. The van der Waals surface area contributed by atoms with Gasteiger partial charge in [-0.1, -0.05) is 42.6 Å². The van der Waals surface area contributed by atoms with Crippen LogP contribution in [-0.2, 0) is 14.3 Å². The highest BCUT2D eigenvalue weighted by Crippen LogP contribution is 2.30. The number of hydrogen-bond acceptors (Lipinski definition) is 7. The van der Waals surface area contributed by atoms with E-state index in [-0.39, 0.29) is 16.4 Å². The van der Waals surface area contributed by atoms with Crippen molar-refractivity contribution in [3.8, 4) is 5.75 Å². The van der Waals surface area contributed by atoms with E-state index in [0.717, 1.165) is 28.9 Å². The number of carbonyl (C=O) groups excluding carboxylic acids is 4. The minimum absolute atomic E-state index is 0.102. The summed E-state index contributed by atoms with van der Waals surface area (Å²) >= 11 is 6.23. The number of hydrogen-bond donors (Lipinski definition) is 1. The molecule has 1 aliphatic rings. The predicted molar refractivity (Wildman–Crippen MR) is 148 cm³/mol. The van der Waals surface area contributed by atoms with E-state index in [2.05, 4.69) is 5.32 Å². The van der Waals surface area contributed by atoms with Crippen LogP contribution in [0.15, 0.2) is 77.5 Å². The van der Waals surface area contributed by atoms with Gasteiger partial charge in [0.1, 0.15) is 16.5 Å². The van der Waals surface area contributed by atoms with E-state index in [4.69, 9.17) is 21.1 Å². The Hall–Kier alpha value is -4.43. The Morgan fingerprint density at radius 1 is 0.872 bits per heavy atom. The highest BCUT2D eigenvalue weighted by atomic mass is 35.5. The third kappa shape index (κ3) is 6.18. The number of nitrogens with zero attached hydrogens (tertiary/aromatic N) is 1. The molecule has 3 aromatic carbocycles. The molecule has 1 heterocycles. The van der Waals surface area contributed by atoms with Crippen LogP contribution in [-0.4, -0.2) is 30.4 Å². The van der Waals surface area contributed by atoms with Gasteiger partial charge in [0.15, 0.2) is 0 Å². The van der Waals surface area contributed by atoms with Crippen LogP contribution in [0.1, 0.15) is 51.6 Å². The molecule has 0 aromatic heterocycles. The number of esters is 2. The first-order chi connectivity index (χ1) is 18.7. The fourth-order valence-electron chi connectivity index (χ4n) is 3.89. The smallest absolute Gasteiger partial charge is 0.343 e. The highest BCUT2D eigenvalue weighted by Gasteiger charge is 2.39. The molecular weight excluding hydrogens is 520 g/mol. The lowest BCUT2D eigenvalue weighted by atomic mass is 10.1. The maximum absolute atomic E-state index is 13.1. The number of anilines is 2. The second kappa shape index (κ2) is 12.0. The molecule has 1 aliphatic heterocycles. The van der Waals surface area contributed by atoms with Gasteiger partial charge in [0.05, 0.1) is 23.4 Å². The van der Waals surface area contributed by atoms with E-state index in [1.165, 1.54) is 24.3 Å². The molecule has 1 N–H and O–H groups in total. The number of aryl methyl sites for hydroxylation is 2. The van der Waals surface area contributed by atoms with Crippen molar-refractivity contribution in [1.29, 1.82) is 0 Å². The Morgan fingerprint density at radius 2 is 1.51 bits per heavy atom. The zero-order chi connectivity index (χ0) is 28.1. The zero-order valence-electron chi connectivity index (χ0n) is 21.7. The molecule has 0 bridgehead atoms. The summed E-state index contributed by atoms with van der Waals surface area (Å²) in [7, 11) is 0. The highest BCUT2D eigenvalue weighted by molar-refractivity contribution is 6.53. The fourth-order valence-corrected chi connectivity index (χ4v) is 4.10. The molecule has 3 aromatic rings. The molecule has 0 aliphatic carbocycles. The molecular formula is C30H27ClN2O6. The van der Waals surface area contributed by atoms with Gasteiger partial charge < -0.3 is 14.8 Å². The summed E-state index contributed by atoms with van der Waals surface area (Å²) in [4.78, 5) is 51.5. The molecule has 0 fully saturated rings. The molecule has 0 radical (unpaired) electrons. The van der Waals surface area contributed by atoms with E-state index in [1.807, 2.05) is 32.9 Å². The largest absolute Gasteiger partial charge is 0.462 e. The lowest BCUT2D eigenvalue weighted by Gasteiger charge is -2.15. The Morgan fingerprint density at radius 3 is 2.15 bits per heavy atom. The van der Waals surface area contributed by atoms with Gasteiger partial charge >= 0.3 is 11.9 Å². The number of rotatable bonds is 9. The summed E-state index contributed by atoms with van der Waals surface area (Å²) < 4.78 is 10.7. The average molecular weight is 547 g/mol. The number of carbonyl (C=O) groups is 4. The molecule has 9 heteroatoms. The summed E-state index contributed by atoms with van der Waals surface area (Å²) in [6, 6.07) is 17.7. The summed E-state index contributed by atoms with van der Waals surface area (Å²) in [6.07, 6.45) is 1.67. The quantitative estimate of drug-likeness (QED) is 0.154. The number of nitrogens with one attached hydrogen (secondary N) is 1. The predicted octanol–water partition coefficient (Wildman–Crippen LogP) is 5.92. The Labute approximate surface area is 231 Å². The molecule has 39 heavy (non-hydrogen) atoms. The lowest BCUT2D eigenvalue weighted by molar-refractivity contribution is -0.120. The van der Waals surface area contributed by atoms with E-state index < -0.39 is 23.8 Å². The van der Waals surface area contributed by atoms with Gasteiger partial charge in [0.25, 0.3) is 11.8 Å². The van der Waals surface area contributed by atoms with E-state index in [9.17, 15) is 19.2 Å². The van der Waals surface area contributed by atoms with E-state index in [1.54, 1.807) is 30.3 Å². The third-order valence-corrected chi connectivity index (χ3v) is 6.39. The Bertz CT molecular complexity index is 1460.